The number of halogens is 1. The Morgan fingerprint density at radius 2 is 1.00 bits per heavy atom. The van der Waals surface area contributed by atoms with E-state index in [1.807, 2.05) is 0 Å². The molecule has 1 unspecified atom stereocenters. The van der Waals surface area contributed by atoms with E-state index in [-0.39, 0.29) is 17.0 Å². The maximum absolute atomic E-state index is 5.65. The molecule has 0 heterocycles. The van der Waals surface area contributed by atoms with Crippen LogP contribution in [0.4, 0.5) is 0 Å². The van der Waals surface area contributed by atoms with E-state index in [4.69, 9.17) is 13.3 Å². The van der Waals surface area contributed by atoms with Crippen LogP contribution in [0.15, 0.2) is 0 Å². The minimum absolute atomic E-state index is 0. The summed E-state index contributed by atoms with van der Waals surface area (Å²) in [6.45, 7) is 6.63. The monoisotopic (exact) mass is 427 g/mol. The number of hydrogen-bond acceptors (Lipinski definition) is 3. The van der Waals surface area contributed by atoms with E-state index in [1.165, 1.54) is 68.8 Å². The first kappa shape index (κ1) is 26.8. The average molecular weight is 429 g/mol. The molecule has 1 N–H and O–H groups in total. The molecule has 0 aromatic carbocycles. The van der Waals surface area contributed by atoms with Gasteiger partial charge in [0, 0.05) is 21.3 Å². The Morgan fingerprint density at radius 1 is 0.583 bits per heavy atom. The van der Waals surface area contributed by atoms with E-state index in [0.29, 0.717) is 0 Å². The van der Waals surface area contributed by atoms with Crippen LogP contribution in [-0.4, -0.2) is 43.4 Å². The third-order valence-electron chi connectivity index (χ3n) is 4.62. The molecule has 0 aromatic rings. The quantitative estimate of drug-likeness (QED) is 0.272. The lowest BCUT2D eigenvalue weighted by molar-refractivity contribution is -0.826. The maximum Gasteiger partial charge on any atom is 0.782 e. The topological polar surface area (TPSA) is 32.1 Å². The highest BCUT2D eigenvalue weighted by Gasteiger charge is 2.54. The molecule has 0 amide bonds. The minimum Gasteiger partial charge on any atom is -1.00 e. The summed E-state index contributed by atoms with van der Waals surface area (Å²) in [7, 11) is 2.60. The molecule has 6 heteroatoms. The van der Waals surface area contributed by atoms with Gasteiger partial charge in [0.2, 0.25) is 0 Å². The molecule has 0 rings (SSSR count). The van der Waals surface area contributed by atoms with Crippen LogP contribution in [0.1, 0.15) is 84.5 Å². The van der Waals surface area contributed by atoms with E-state index in [1.54, 1.807) is 21.3 Å². The number of quaternary nitrogens is 1. The largest absolute Gasteiger partial charge is 1.00 e. The van der Waals surface area contributed by atoms with Crippen molar-refractivity contribution in [2.45, 2.75) is 84.5 Å². The first-order chi connectivity index (χ1) is 11.2. The lowest BCUT2D eigenvalue weighted by Gasteiger charge is -2.30. The molecule has 0 saturated carbocycles. The fourth-order valence-electron chi connectivity index (χ4n) is 3.24. The van der Waals surface area contributed by atoms with E-state index < -0.39 is 8.97 Å². The molecule has 148 valence electrons. The van der Waals surface area contributed by atoms with Crippen molar-refractivity contribution in [2.75, 3.05) is 34.4 Å². The summed E-state index contributed by atoms with van der Waals surface area (Å²) in [5.74, 6) is 0. The molecule has 0 saturated heterocycles. The van der Waals surface area contributed by atoms with Crippen LogP contribution in [0, 0.1) is 0 Å². The molecule has 4 nitrogen and oxygen atoms in total. The van der Waals surface area contributed by atoms with Crippen molar-refractivity contribution >= 4 is 8.97 Å². The zero-order valence-electron chi connectivity index (χ0n) is 16.8. The van der Waals surface area contributed by atoms with Gasteiger partial charge in [0.1, 0.15) is 0 Å². The predicted octanol–water partition coefficient (Wildman–Crippen LogP) is 0.581. The first-order valence-electron chi connectivity index (χ1n) is 9.71. The Morgan fingerprint density at radius 3 is 1.38 bits per heavy atom. The Hall–Kier alpha value is 0.537. The van der Waals surface area contributed by atoms with E-state index in [2.05, 4.69) is 13.8 Å². The highest BCUT2D eigenvalue weighted by Crippen LogP contribution is 2.10. The molecule has 0 spiro atoms. The lowest BCUT2D eigenvalue weighted by atomic mass is 10.1. The van der Waals surface area contributed by atoms with Crippen molar-refractivity contribution in [3.63, 3.8) is 0 Å². The molecule has 0 aliphatic rings. The third kappa shape index (κ3) is 11.2. The van der Waals surface area contributed by atoms with Gasteiger partial charge in [-0.05, 0) is 19.3 Å². The van der Waals surface area contributed by atoms with E-state index in [9.17, 15) is 0 Å². The van der Waals surface area contributed by atoms with Crippen LogP contribution in [-0.2, 0) is 13.3 Å². The van der Waals surface area contributed by atoms with Crippen molar-refractivity contribution in [3.05, 3.63) is 0 Å². The Balaban J connectivity index is 0. The number of nitrogens with one attached hydrogen (secondary N) is 1. The van der Waals surface area contributed by atoms with Crippen molar-refractivity contribution in [2.24, 2.45) is 0 Å². The number of rotatable bonds is 17. The zero-order chi connectivity index (χ0) is 17.4. The Bertz CT molecular complexity index is 248. The predicted molar refractivity (Wildman–Crippen MR) is 99.6 cm³/mol. The van der Waals surface area contributed by atoms with Gasteiger partial charge in [0.15, 0.2) is 0 Å². The Kier molecular flexibility index (Phi) is 20.4. The highest BCUT2D eigenvalue weighted by atomic mass is 79.9. The zero-order valence-corrected chi connectivity index (χ0v) is 19.4. The van der Waals surface area contributed by atoms with Gasteiger partial charge in [0.25, 0.3) is 0 Å². The van der Waals surface area contributed by atoms with Crippen LogP contribution >= 0.6 is 0 Å². The van der Waals surface area contributed by atoms with Gasteiger partial charge in [-0.2, -0.15) is 0 Å². The first-order valence-corrected chi connectivity index (χ1v) is 11.4. The minimum atomic E-state index is -2.55. The van der Waals surface area contributed by atoms with Crippen LogP contribution in [0.3, 0.4) is 0 Å². The summed E-state index contributed by atoms with van der Waals surface area (Å²) >= 11 is 0. The summed E-state index contributed by atoms with van der Waals surface area (Å²) in [6.07, 6.45) is 14.8. The second-order valence-electron chi connectivity index (χ2n) is 6.45. The second-order valence-corrected chi connectivity index (χ2v) is 9.50. The van der Waals surface area contributed by atoms with Gasteiger partial charge in [-0.25, -0.2) is 0 Å². The standard InChI is InChI=1S/C18H41NO3Si.BrH/c1-6-8-9-10-11-12-13-14-15-16-18-19(17-7-2)23(20-3,21-4)22-5;/h6-18H2,1-5H3;1H. The summed E-state index contributed by atoms with van der Waals surface area (Å²) in [6, 6.07) is 0. The SMILES string of the molecule is CCCCCCCCCCCC[NH+](CCC)[Si](OC)(OC)OC.[Br-]. The van der Waals surface area contributed by atoms with Crippen LogP contribution in [0.2, 0.25) is 0 Å². The molecule has 0 aliphatic heterocycles. The molecule has 24 heavy (non-hydrogen) atoms. The third-order valence-corrected chi connectivity index (χ3v) is 7.60. The van der Waals surface area contributed by atoms with Gasteiger partial charge in [-0.15, -0.1) is 0 Å². The van der Waals surface area contributed by atoms with Gasteiger partial charge < -0.3 is 34.8 Å². The smallest absolute Gasteiger partial charge is 0.782 e. The fourth-order valence-corrected chi connectivity index (χ4v) is 5.65. The average Bonchev–Trinajstić information content (AvgIpc) is 2.58. The molecule has 1 atom stereocenters. The van der Waals surface area contributed by atoms with Gasteiger partial charge in [-0.3, -0.25) is 0 Å². The fraction of sp³-hybridized carbons (Fsp3) is 1.00. The van der Waals surface area contributed by atoms with Crippen LogP contribution < -0.4 is 21.5 Å². The molecule has 0 radical (unpaired) electrons. The van der Waals surface area contributed by atoms with Crippen LogP contribution in [0.5, 0.6) is 0 Å². The van der Waals surface area contributed by atoms with Gasteiger partial charge >= 0.3 is 8.97 Å². The van der Waals surface area contributed by atoms with Crippen molar-refractivity contribution < 1.29 is 34.8 Å². The van der Waals surface area contributed by atoms with E-state index >= 15 is 0 Å². The summed E-state index contributed by atoms with van der Waals surface area (Å²) < 4.78 is 18.3. The molecule has 0 aromatic heterocycles. The van der Waals surface area contributed by atoms with Gasteiger partial charge in [0.05, 0.1) is 13.1 Å². The maximum atomic E-state index is 5.65. The molecule has 0 aliphatic carbocycles. The van der Waals surface area contributed by atoms with Crippen molar-refractivity contribution in [1.29, 1.82) is 0 Å². The molecule has 0 fully saturated rings. The number of unbranched alkanes of at least 4 members (excludes halogenated alkanes) is 9. The second kappa shape index (κ2) is 18.3. The van der Waals surface area contributed by atoms with Crippen molar-refractivity contribution in [3.8, 4) is 0 Å². The number of hydrogen-bond donors (Lipinski definition) is 1. The summed E-state index contributed by atoms with van der Waals surface area (Å²) in [5.41, 5.74) is 0. The van der Waals surface area contributed by atoms with Crippen LogP contribution in [0.25, 0.3) is 0 Å². The lowest BCUT2D eigenvalue weighted by Crippen LogP contribution is -3.24. The van der Waals surface area contributed by atoms with Crippen molar-refractivity contribution in [1.82, 2.24) is 0 Å². The molecular weight excluding hydrogens is 386 g/mol. The van der Waals surface area contributed by atoms with Gasteiger partial charge in [-0.1, -0.05) is 65.2 Å². The Labute approximate surface area is 162 Å². The summed E-state index contributed by atoms with van der Waals surface area (Å²) in [5, 5.41) is 0. The highest BCUT2D eigenvalue weighted by molar-refractivity contribution is 6.51. The molecule has 0 bridgehead atoms. The van der Waals surface area contributed by atoms with E-state index in [0.717, 1.165) is 19.5 Å². The molecular formula is C18H42BrNO3Si. The normalized spacial score (nSPS) is 12.9. The summed E-state index contributed by atoms with van der Waals surface area (Å²) in [4.78, 5) is 0.